The predicted octanol–water partition coefficient (Wildman–Crippen LogP) is -0.213. The second-order valence-electron chi connectivity index (χ2n) is 5.76. The first-order valence-corrected chi connectivity index (χ1v) is 7.46. The van der Waals surface area contributed by atoms with Crippen molar-refractivity contribution >= 4 is 17.7 Å². The van der Waals surface area contributed by atoms with Crippen molar-refractivity contribution in [3.05, 3.63) is 35.9 Å². The molecule has 0 unspecified atom stereocenters. The van der Waals surface area contributed by atoms with E-state index in [0.29, 0.717) is 19.5 Å². The Morgan fingerprint density at radius 2 is 1.95 bits per heavy atom. The minimum absolute atomic E-state index is 0.0587. The number of nitrogens with one attached hydrogen (secondary N) is 1. The zero-order valence-corrected chi connectivity index (χ0v) is 12.5. The number of hydrogen-bond donors (Lipinski definition) is 1. The molecule has 116 valence electrons. The zero-order valence-electron chi connectivity index (χ0n) is 12.5. The average molecular weight is 301 g/mol. The molecule has 6 nitrogen and oxygen atoms in total. The van der Waals surface area contributed by atoms with E-state index in [9.17, 15) is 14.4 Å². The van der Waals surface area contributed by atoms with E-state index >= 15 is 0 Å². The SMILES string of the molecule is CC(=O)N1CCN2C(=O)[C@@H](Cc3ccccc3)NC(=O)[C@H]2C1. The third-order valence-corrected chi connectivity index (χ3v) is 4.31. The van der Waals surface area contributed by atoms with Crippen LogP contribution in [0.1, 0.15) is 12.5 Å². The summed E-state index contributed by atoms with van der Waals surface area (Å²) >= 11 is 0. The topological polar surface area (TPSA) is 69.7 Å². The van der Waals surface area contributed by atoms with Gasteiger partial charge in [-0.3, -0.25) is 14.4 Å². The number of fused-ring (bicyclic) bond motifs is 1. The number of carbonyl (C=O) groups excluding carboxylic acids is 3. The predicted molar refractivity (Wildman–Crippen MR) is 79.8 cm³/mol. The van der Waals surface area contributed by atoms with E-state index in [0.717, 1.165) is 5.56 Å². The first-order chi connectivity index (χ1) is 10.6. The normalized spacial score (nSPS) is 24.8. The van der Waals surface area contributed by atoms with Crippen molar-refractivity contribution in [3.8, 4) is 0 Å². The Hall–Kier alpha value is -2.37. The monoisotopic (exact) mass is 301 g/mol. The van der Waals surface area contributed by atoms with Crippen LogP contribution in [0, 0.1) is 0 Å². The molecule has 2 atom stereocenters. The molecule has 22 heavy (non-hydrogen) atoms. The minimum atomic E-state index is -0.558. The van der Waals surface area contributed by atoms with Gasteiger partial charge in [0, 0.05) is 26.4 Å². The van der Waals surface area contributed by atoms with Crippen molar-refractivity contribution in [2.45, 2.75) is 25.4 Å². The first kappa shape index (κ1) is 14.6. The number of piperazine rings is 2. The van der Waals surface area contributed by atoms with Crippen LogP contribution in [-0.2, 0) is 20.8 Å². The summed E-state index contributed by atoms with van der Waals surface area (Å²) in [6.07, 6.45) is 0.491. The van der Waals surface area contributed by atoms with E-state index in [-0.39, 0.29) is 24.3 Å². The molecule has 0 spiro atoms. The number of carbonyl (C=O) groups is 3. The van der Waals surface area contributed by atoms with Gasteiger partial charge in [-0.05, 0) is 5.56 Å². The van der Waals surface area contributed by atoms with Gasteiger partial charge in [-0.2, -0.15) is 0 Å². The Morgan fingerprint density at radius 1 is 1.23 bits per heavy atom. The van der Waals surface area contributed by atoms with Crippen LogP contribution in [0.15, 0.2) is 30.3 Å². The Labute approximate surface area is 129 Å². The van der Waals surface area contributed by atoms with Crippen LogP contribution in [0.2, 0.25) is 0 Å². The van der Waals surface area contributed by atoms with Crippen LogP contribution in [0.5, 0.6) is 0 Å². The first-order valence-electron chi connectivity index (χ1n) is 7.46. The standard InChI is InChI=1S/C16H19N3O3/c1-11(20)18-7-8-19-14(10-18)15(21)17-13(16(19)22)9-12-5-3-2-4-6-12/h2-6,13-14H,7-10H2,1H3,(H,17,21)/t13-,14-/m1/s1. The van der Waals surface area contributed by atoms with E-state index in [1.807, 2.05) is 30.3 Å². The van der Waals surface area contributed by atoms with Crippen molar-refractivity contribution in [1.29, 1.82) is 0 Å². The molecular formula is C16H19N3O3. The highest BCUT2D eigenvalue weighted by Gasteiger charge is 2.43. The number of rotatable bonds is 2. The number of nitrogens with zero attached hydrogens (tertiary/aromatic N) is 2. The number of benzene rings is 1. The summed E-state index contributed by atoms with van der Waals surface area (Å²) in [6, 6.07) is 8.56. The summed E-state index contributed by atoms with van der Waals surface area (Å²) in [5.74, 6) is -0.297. The molecule has 0 aliphatic carbocycles. The summed E-state index contributed by atoms with van der Waals surface area (Å²) in [6.45, 7) is 2.67. The zero-order chi connectivity index (χ0) is 15.7. The van der Waals surface area contributed by atoms with Gasteiger partial charge in [0.15, 0.2) is 0 Å². The molecule has 2 saturated heterocycles. The molecule has 3 amide bonds. The molecule has 2 fully saturated rings. The molecule has 3 rings (SSSR count). The molecule has 0 bridgehead atoms. The summed E-state index contributed by atoms with van der Waals surface area (Å²) in [5.41, 5.74) is 1.02. The van der Waals surface area contributed by atoms with Crippen LogP contribution in [-0.4, -0.2) is 59.2 Å². The molecule has 0 radical (unpaired) electrons. The van der Waals surface area contributed by atoms with Crippen LogP contribution < -0.4 is 5.32 Å². The Bertz CT molecular complexity index is 602. The van der Waals surface area contributed by atoms with Gasteiger partial charge < -0.3 is 15.1 Å². The van der Waals surface area contributed by atoms with Gasteiger partial charge in [-0.25, -0.2) is 0 Å². The molecule has 2 aliphatic heterocycles. The maximum Gasteiger partial charge on any atom is 0.246 e. The van der Waals surface area contributed by atoms with E-state index in [4.69, 9.17) is 0 Å². The molecular weight excluding hydrogens is 282 g/mol. The highest BCUT2D eigenvalue weighted by Crippen LogP contribution is 2.18. The van der Waals surface area contributed by atoms with Gasteiger partial charge in [0.2, 0.25) is 17.7 Å². The molecule has 0 saturated carbocycles. The number of hydrogen-bond acceptors (Lipinski definition) is 3. The summed E-state index contributed by atoms with van der Waals surface area (Å²) in [4.78, 5) is 39.6. The van der Waals surface area contributed by atoms with E-state index in [1.54, 1.807) is 9.80 Å². The second-order valence-corrected chi connectivity index (χ2v) is 5.76. The summed E-state index contributed by atoms with van der Waals surface area (Å²) < 4.78 is 0. The lowest BCUT2D eigenvalue weighted by Crippen LogP contribution is -2.69. The Kier molecular flexibility index (Phi) is 3.83. The van der Waals surface area contributed by atoms with Gasteiger partial charge in [0.05, 0.1) is 6.54 Å². The van der Waals surface area contributed by atoms with E-state index < -0.39 is 12.1 Å². The molecule has 1 N–H and O–H groups in total. The third kappa shape index (κ3) is 2.68. The van der Waals surface area contributed by atoms with Crippen molar-refractivity contribution in [2.24, 2.45) is 0 Å². The lowest BCUT2D eigenvalue weighted by atomic mass is 9.98. The Morgan fingerprint density at radius 3 is 2.64 bits per heavy atom. The molecule has 1 aromatic carbocycles. The lowest BCUT2D eigenvalue weighted by Gasteiger charge is -2.45. The Balaban J connectivity index is 1.73. The lowest BCUT2D eigenvalue weighted by molar-refractivity contribution is -0.155. The van der Waals surface area contributed by atoms with Crippen molar-refractivity contribution in [1.82, 2.24) is 15.1 Å². The molecule has 2 heterocycles. The van der Waals surface area contributed by atoms with Gasteiger partial charge in [-0.1, -0.05) is 30.3 Å². The smallest absolute Gasteiger partial charge is 0.246 e. The quantitative estimate of drug-likeness (QED) is 0.821. The highest BCUT2D eigenvalue weighted by atomic mass is 16.2. The number of amides is 3. The maximum atomic E-state index is 12.6. The molecule has 1 aromatic rings. The summed E-state index contributed by atoms with van der Waals surface area (Å²) in [7, 11) is 0. The minimum Gasteiger partial charge on any atom is -0.342 e. The van der Waals surface area contributed by atoms with Crippen LogP contribution >= 0.6 is 0 Å². The molecule has 0 aromatic heterocycles. The van der Waals surface area contributed by atoms with Gasteiger partial charge in [0.1, 0.15) is 12.1 Å². The van der Waals surface area contributed by atoms with Gasteiger partial charge in [-0.15, -0.1) is 0 Å². The third-order valence-electron chi connectivity index (χ3n) is 4.31. The highest BCUT2D eigenvalue weighted by molar-refractivity contribution is 5.97. The van der Waals surface area contributed by atoms with Gasteiger partial charge in [0.25, 0.3) is 0 Å². The fourth-order valence-electron chi connectivity index (χ4n) is 3.08. The summed E-state index contributed by atoms with van der Waals surface area (Å²) in [5, 5.41) is 2.81. The molecule has 2 aliphatic rings. The largest absolute Gasteiger partial charge is 0.342 e. The van der Waals surface area contributed by atoms with Crippen molar-refractivity contribution in [2.75, 3.05) is 19.6 Å². The van der Waals surface area contributed by atoms with Crippen LogP contribution in [0.25, 0.3) is 0 Å². The maximum absolute atomic E-state index is 12.6. The fourth-order valence-corrected chi connectivity index (χ4v) is 3.08. The van der Waals surface area contributed by atoms with Gasteiger partial charge >= 0.3 is 0 Å². The fraction of sp³-hybridized carbons (Fsp3) is 0.438. The van der Waals surface area contributed by atoms with Crippen LogP contribution in [0.3, 0.4) is 0 Å². The average Bonchev–Trinajstić information content (AvgIpc) is 2.53. The molecule has 6 heteroatoms. The van der Waals surface area contributed by atoms with Crippen molar-refractivity contribution < 1.29 is 14.4 Å². The van der Waals surface area contributed by atoms with Crippen LogP contribution in [0.4, 0.5) is 0 Å². The van der Waals surface area contributed by atoms with E-state index in [2.05, 4.69) is 5.32 Å². The second kappa shape index (κ2) is 5.79. The van der Waals surface area contributed by atoms with E-state index in [1.165, 1.54) is 6.92 Å². The van der Waals surface area contributed by atoms with Crippen molar-refractivity contribution in [3.63, 3.8) is 0 Å².